The molecule has 1 aliphatic rings. The molecule has 1 unspecified atom stereocenters. The summed E-state index contributed by atoms with van der Waals surface area (Å²) in [7, 11) is 3.14. The molecule has 1 aliphatic carbocycles. The Labute approximate surface area is 79.4 Å². The van der Waals surface area contributed by atoms with Crippen molar-refractivity contribution in [1.29, 1.82) is 0 Å². The predicted molar refractivity (Wildman–Crippen MR) is 49.3 cm³/mol. The van der Waals surface area contributed by atoms with Gasteiger partial charge in [0.1, 0.15) is 5.78 Å². The summed E-state index contributed by atoms with van der Waals surface area (Å²) in [5.74, 6) is 0.419. The van der Waals surface area contributed by atoms with E-state index in [4.69, 9.17) is 9.47 Å². The molecular formula is C10H18O3. The molecule has 0 heterocycles. The van der Waals surface area contributed by atoms with Gasteiger partial charge in [-0.15, -0.1) is 0 Å². The van der Waals surface area contributed by atoms with Gasteiger partial charge in [0.05, 0.1) is 5.92 Å². The molecule has 1 fully saturated rings. The smallest absolute Gasteiger partial charge is 0.166 e. The van der Waals surface area contributed by atoms with Crippen molar-refractivity contribution in [3.8, 4) is 0 Å². The summed E-state index contributed by atoms with van der Waals surface area (Å²) in [5.41, 5.74) is 0. The number of hydrogen-bond donors (Lipinski definition) is 0. The second-order valence-corrected chi connectivity index (χ2v) is 3.66. The van der Waals surface area contributed by atoms with Crippen molar-refractivity contribution in [3.63, 3.8) is 0 Å². The molecule has 0 aromatic heterocycles. The van der Waals surface area contributed by atoms with Crippen LogP contribution in [-0.2, 0) is 14.3 Å². The van der Waals surface area contributed by atoms with E-state index in [9.17, 15) is 4.79 Å². The Kier molecular flexibility index (Phi) is 3.88. The third-order valence-corrected chi connectivity index (χ3v) is 2.83. The molecule has 3 nitrogen and oxygen atoms in total. The van der Waals surface area contributed by atoms with E-state index in [1.807, 2.05) is 6.92 Å². The van der Waals surface area contributed by atoms with Crippen molar-refractivity contribution in [3.05, 3.63) is 0 Å². The van der Waals surface area contributed by atoms with E-state index in [1.54, 1.807) is 14.2 Å². The topological polar surface area (TPSA) is 35.5 Å². The van der Waals surface area contributed by atoms with Crippen LogP contribution in [0.5, 0.6) is 0 Å². The summed E-state index contributed by atoms with van der Waals surface area (Å²) in [6.07, 6.45) is 2.90. The molecule has 1 atom stereocenters. The van der Waals surface area contributed by atoms with E-state index < -0.39 is 0 Å². The first-order chi connectivity index (χ1) is 6.20. The molecule has 0 saturated heterocycles. The predicted octanol–water partition coefficient (Wildman–Crippen LogP) is 1.61. The van der Waals surface area contributed by atoms with Crippen LogP contribution in [-0.4, -0.2) is 26.3 Å². The molecule has 13 heavy (non-hydrogen) atoms. The van der Waals surface area contributed by atoms with E-state index in [1.165, 1.54) is 6.42 Å². The Bertz CT molecular complexity index is 171. The zero-order chi connectivity index (χ0) is 9.84. The molecule has 0 radical (unpaired) electrons. The van der Waals surface area contributed by atoms with E-state index in [0.717, 1.165) is 12.8 Å². The monoisotopic (exact) mass is 186 g/mol. The highest BCUT2D eigenvalue weighted by molar-refractivity contribution is 5.84. The molecular weight excluding hydrogens is 168 g/mol. The number of rotatable bonds is 5. The van der Waals surface area contributed by atoms with E-state index in [2.05, 4.69) is 0 Å². The summed E-state index contributed by atoms with van der Waals surface area (Å²) in [5, 5.41) is 0. The molecule has 0 aliphatic heterocycles. The molecule has 76 valence electrons. The second-order valence-electron chi connectivity index (χ2n) is 3.66. The first-order valence-corrected chi connectivity index (χ1v) is 4.80. The highest BCUT2D eigenvalue weighted by Crippen LogP contribution is 2.30. The molecule has 1 rings (SSSR count). The standard InChI is InChI=1S/C10H18O3/c1-7(10(12-2)13-3)9(11)8-5-4-6-8/h7-8,10H,4-6H2,1-3H3. The average molecular weight is 186 g/mol. The van der Waals surface area contributed by atoms with Crippen molar-refractivity contribution < 1.29 is 14.3 Å². The normalized spacial score (nSPS) is 20.0. The lowest BCUT2D eigenvalue weighted by Crippen LogP contribution is -2.35. The summed E-state index contributed by atoms with van der Waals surface area (Å²) in [6.45, 7) is 1.87. The van der Waals surface area contributed by atoms with E-state index >= 15 is 0 Å². The number of hydrogen-bond acceptors (Lipinski definition) is 3. The fourth-order valence-electron chi connectivity index (χ4n) is 1.70. The van der Waals surface area contributed by atoms with Crippen molar-refractivity contribution in [2.45, 2.75) is 32.5 Å². The number of ketones is 1. The molecule has 0 bridgehead atoms. The minimum Gasteiger partial charge on any atom is -0.355 e. The van der Waals surface area contributed by atoms with Gasteiger partial charge in [0.2, 0.25) is 0 Å². The molecule has 0 aromatic rings. The average Bonchev–Trinajstić information content (AvgIpc) is 2.03. The molecule has 0 amide bonds. The maximum atomic E-state index is 11.7. The van der Waals surface area contributed by atoms with Crippen LogP contribution in [0.1, 0.15) is 26.2 Å². The minimum atomic E-state index is -0.381. The quantitative estimate of drug-likeness (QED) is 0.612. The highest BCUT2D eigenvalue weighted by atomic mass is 16.7. The summed E-state index contributed by atoms with van der Waals surface area (Å²) in [4.78, 5) is 11.7. The van der Waals surface area contributed by atoms with Gasteiger partial charge in [0.15, 0.2) is 6.29 Å². The van der Waals surface area contributed by atoms with E-state index in [-0.39, 0.29) is 18.1 Å². The van der Waals surface area contributed by atoms with Gasteiger partial charge < -0.3 is 9.47 Å². The van der Waals surface area contributed by atoms with Gasteiger partial charge in [-0.25, -0.2) is 0 Å². The lowest BCUT2D eigenvalue weighted by molar-refractivity contribution is -0.158. The largest absolute Gasteiger partial charge is 0.355 e. The van der Waals surface area contributed by atoms with Gasteiger partial charge in [0.25, 0.3) is 0 Å². The Morgan fingerprint density at radius 1 is 1.31 bits per heavy atom. The fraction of sp³-hybridized carbons (Fsp3) is 0.900. The lowest BCUT2D eigenvalue weighted by Gasteiger charge is -2.29. The van der Waals surface area contributed by atoms with E-state index in [0.29, 0.717) is 5.78 Å². The van der Waals surface area contributed by atoms with Crippen molar-refractivity contribution in [2.75, 3.05) is 14.2 Å². The van der Waals surface area contributed by atoms with Crippen LogP contribution >= 0.6 is 0 Å². The van der Waals surface area contributed by atoms with Crippen LogP contribution in [0, 0.1) is 11.8 Å². The van der Waals surface area contributed by atoms with Gasteiger partial charge in [-0.1, -0.05) is 13.3 Å². The number of carbonyl (C=O) groups excluding carboxylic acids is 1. The SMILES string of the molecule is COC(OC)C(C)C(=O)C1CCC1. The number of carbonyl (C=O) groups is 1. The minimum absolute atomic E-state index is 0.139. The van der Waals surface area contributed by atoms with Crippen LogP contribution in [0.25, 0.3) is 0 Å². The van der Waals surface area contributed by atoms with Crippen molar-refractivity contribution in [2.24, 2.45) is 11.8 Å². The van der Waals surface area contributed by atoms with Gasteiger partial charge in [-0.2, -0.15) is 0 Å². The van der Waals surface area contributed by atoms with Gasteiger partial charge in [-0.05, 0) is 12.8 Å². The van der Waals surface area contributed by atoms with Crippen molar-refractivity contribution in [1.82, 2.24) is 0 Å². The molecule has 0 aromatic carbocycles. The fourth-order valence-corrected chi connectivity index (χ4v) is 1.70. The Balaban J connectivity index is 2.43. The maximum absolute atomic E-state index is 11.7. The molecule has 0 N–H and O–H groups in total. The lowest BCUT2D eigenvalue weighted by atomic mass is 9.78. The number of ether oxygens (including phenoxy) is 2. The maximum Gasteiger partial charge on any atom is 0.166 e. The Morgan fingerprint density at radius 2 is 1.85 bits per heavy atom. The number of methoxy groups -OCH3 is 2. The zero-order valence-corrected chi connectivity index (χ0v) is 8.58. The van der Waals surface area contributed by atoms with Crippen molar-refractivity contribution >= 4 is 5.78 Å². The summed E-state index contributed by atoms with van der Waals surface area (Å²) >= 11 is 0. The van der Waals surface area contributed by atoms with Crippen LogP contribution in [0.4, 0.5) is 0 Å². The van der Waals surface area contributed by atoms with Gasteiger partial charge in [-0.3, -0.25) is 4.79 Å². The number of Topliss-reactive ketones (excluding diaryl/α,β-unsaturated/α-hetero) is 1. The second kappa shape index (κ2) is 4.72. The highest BCUT2D eigenvalue weighted by Gasteiger charge is 2.33. The van der Waals surface area contributed by atoms with Crippen LogP contribution in [0.15, 0.2) is 0 Å². The molecule has 1 saturated carbocycles. The summed E-state index contributed by atoms with van der Waals surface area (Å²) < 4.78 is 10.1. The molecule has 3 heteroatoms. The Hall–Kier alpha value is -0.410. The van der Waals surface area contributed by atoms with Crippen LogP contribution in [0.3, 0.4) is 0 Å². The summed E-state index contributed by atoms with van der Waals surface area (Å²) in [6, 6.07) is 0. The first-order valence-electron chi connectivity index (χ1n) is 4.80. The van der Waals surface area contributed by atoms with Gasteiger partial charge >= 0.3 is 0 Å². The third-order valence-electron chi connectivity index (χ3n) is 2.83. The first kappa shape index (κ1) is 10.7. The Morgan fingerprint density at radius 3 is 2.15 bits per heavy atom. The zero-order valence-electron chi connectivity index (χ0n) is 8.58. The van der Waals surface area contributed by atoms with Crippen LogP contribution in [0.2, 0.25) is 0 Å². The molecule has 0 spiro atoms. The third kappa shape index (κ3) is 2.29. The van der Waals surface area contributed by atoms with Gasteiger partial charge in [0, 0.05) is 20.1 Å². The van der Waals surface area contributed by atoms with Crippen LogP contribution < -0.4 is 0 Å².